The molecule has 0 aromatic carbocycles. The molecule has 78 valence electrons. The van der Waals surface area contributed by atoms with Crippen molar-refractivity contribution in [3.8, 4) is 0 Å². The van der Waals surface area contributed by atoms with Crippen LogP contribution in [-0.2, 0) is 0 Å². The van der Waals surface area contributed by atoms with Gasteiger partial charge < -0.3 is 5.73 Å². The van der Waals surface area contributed by atoms with E-state index in [-0.39, 0.29) is 18.4 Å². The van der Waals surface area contributed by atoms with Crippen molar-refractivity contribution in [3.63, 3.8) is 0 Å². The Morgan fingerprint density at radius 2 is 1.62 bits per heavy atom. The number of hydrogen-bond donors (Lipinski definition) is 1. The van der Waals surface area contributed by atoms with E-state index < -0.39 is 5.92 Å². The van der Waals surface area contributed by atoms with Crippen LogP contribution in [0.3, 0.4) is 0 Å². The van der Waals surface area contributed by atoms with Gasteiger partial charge >= 0.3 is 0 Å². The van der Waals surface area contributed by atoms with Gasteiger partial charge in [0.25, 0.3) is 0 Å². The third-order valence-electron chi connectivity index (χ3n) is 2.79. The van der Waals surface area contributed by atoms with E-state index in [1.807, 2.05) is 0 Å². The lowest BCUT2D eigenvalue weighted by atomic mass is 9.76. The van der Waals surface area contributed by atoms with Crippen molar-refractivity contribution in [2.75, 3.05) is 0 Å². The average Bonchev–Trinajstić information content (AvgIpc) is 1.95. The SMILES string of the molecule is CC(C)CC1(N)CCC(F)(F)CC1. The molecule has 0 saturated heterocycles. The Bertz CT molecular complexity index is 168. The second kappa shape index (κ2) is 3.52. The highest BCUT2D eigenvalue weighted by molar-refractivity contribution is 4.92. The molecule has 0 bridgehead atoms. The van der Waals surface area contributed by atoms with Crippen LogP contribution in [0.25, 0.3) is 0 Å². The minimum atomic E-state index is -2.46. The fourth-order valence-electron chi connectivity index (χ4n) is 2.13. The van der Waals surface area contributed by atoms with E-state index in [1.165, 1.54) is 0 Å². The van der Waals surface area contributed by atoms with E-state index in [0.717, 1.165) is 6.42 Å². The number of hydrogen-bond acceptors (Lipinski definition) is 1. The summed E-state index contributed by atoms with van der Waals surface area (Å²) in [7, 11) is 0. The minimum Gasteiger partial charge on any atom is -0.325 e. The maximum Gasteiger partial charge on any atom is 0.248 e. The normalized spacial score (nSPS) is 26.3. The Hall–Kier alpha value is -0.180. The van der Waals surface area contributed by atoms with Crippen LogP contribution < -0.4 is 5.73 Å². The molecule has 2 N–H and O–H groups in total. The summed E-state index contributed by atoms with van der Waals surface area (Å²) in [5, 5.41) is 0. The van der Waals surface area contributed by atoms with Crippen LogP contribution in [0.1, 0.15) is 46.0 Å². The summed E-state index contributed by atoms with van der Waals surface area (Å²) in [5.41, 5.74) is 5.72. The first-order chi connectivity index (χ1) is 5.83. The van der Waals surface area contributed by atoms with Crippen LogP contribution in [-0.4, -0.2) is 11.5 Å². The molecule has 1 fully saturated rings. The zero-order valence-electron chi connectivity index (χ0n) is 8.45. The molecule has 1 saturated carbocycles. The topological polar surface area (TPSA) is 26.0 Å². The first-order valence-electron chi connectivity index (χ1n) is 5.00. The summed E-state index contributed by atoms with van der Waals surface area (Å²) < 4.78 is 25.7. The van der Waals surface area contributed by atoms with Gasteiger partial charge in [0.1, 0.15) is 0 Å². The van der Waals surface area contributed by atoms with Crippen molar-refractivity contribution >= 4 is 0 Å². The Labute approximate surface area is 78.7 Å². The molecule has 3 heteroatoms. The molecule has 1 rings (SSSR count). The van der Waals surface area contributed by atoms with Crippen LogP contribution in [0.4, 0.5) is 8.78 Å². The van der Waals surface area contributed by atoms with Crippen molar-refractivity contribution < 1.29 is 8.78 Å². The lowest BCUT2D eigenvalue weighted by Gasteiger charge is -2.38. The van der Waals surface area contributed by atoms with Gasteiger partial charge in [0.2, 0.25) is 5.92 Å². The van der Waals surface area contributed by atoms with Crippen LogP contribution in [0, 0.1) is 5.92 Å². The predicted molar refractivity (Wildman–Crippen MR) is 49.8 cm³/mol. The molecule has 13 heavy (non-hydrogen) atoms. The molecule has 1 aliphatic carbocycles. The molecule has 0 atom stereocenters. The molecular formula is C10H19F2N. The fraction of sp³-hybridized carbons (Fsp3) is 1.00. The highest BCUT2D eigenvalue weighted by Gasteiger charge is 2.41. The second-order valence-corrected chi connectivity index (χ2v) is 4.82. The summed E-state index contributed by atoms with van der Waals surface area (Å²) in [6, 6.07) is 0. The third kappa shape index (κ3) is 3.22. The van der Waals surface area contributed by atoms with Gasteiger partial charge in [-0.3, -0.25) is 0 Å². The molecule has 0 spiro atoms. The summed E-state index contributed by atoms with van der Waals surface area (Å²) in [4.78, 5) is 0. The molecule has 0 aromatic heterocycles. The molecule has 0 aromatic rings. The van der Waals surface area contributed by atoms with E-state index in [9.17, 15) is 8.78 Å². The minimum absolute atomic E-state index is 0.0315. The number of nitrogens with two attached hydrogens (primary N) is 1. The van der Waals surface area contributed by atoms with Gasteiger partial charge in [0, 0.05) is 18.4 Å². The summed E-state index contributed by atoms with van der Waals surface area (Å²) in [6.07, 6.45) is 1.74. The van der Waals surface area contributed by atoms with Gasteiger partial charge in [-0.05, 0) is 25.2 Å². The van der Waals surface area contributed by atoms with Crippen molar-refractivity contribution in [2.24, 2.45) is 11.7 Å². The molecule has 0 unspecified atom stereocenters. The maximum atomic E-state index is 12.8. The highest BCUT2D eigenvalue weighted by Crippen LogP contribution is 2.39. The lowest BCUT2D eigenvalue weighted by molar-refractivity contribution is -0.0529. The van der Waals surface area contributed by atoms with E-state index in [0.29, 0.717) is 18.8 Å². The van der Waals surface area contributed by atoms with E-state index in [4.69, 9.17) is 5.73 Å². The monoisotopic (exact) mass is 191 g/mol. The van der Waals surface area contributed by atoms with Crippen molar-refractivity contribution in [1.82, 2.24) is 0 Å². The van der Waals surface area contributed by atoms with E-state index >= 15 is 0 Å². The van der Waals surface area contributed by atoms with E-state index in [1.54, 1.807) is 0 Å². The van der Waals surface area contributed by atoms with Gasteiger partial charge in [-0.25, -0.2) is 8.78 Å². The number of halogens is 2. The smallest absolute Gasteiger partial charge is 0.248 e. The van der Waals surface area contributed by atoms with Crippen LogP contribution in [0.5, 0.6) is 0 Å². The zero-order valence-corrected chi connectivity index (χ0v) is 8.45. The summed E-state index contributed by atoms with van der Waals surface area (Å²) in [6.45, 7) is 4.17. The molecule has 0 radical (unpaired) electrons. The Morgan fingerprint density at radius 3 is 2.00 bits per heavy atom. The van der Waals surface area contributed by atoms with Gasteiger partial charge in [-0.2, -0.15) is 0 Å². The highest BCUT2D eigenvalue weighted by atomic mass is 19.3. The molecule has 1 aliphatic rings. The Kier molecular flexibility index (Phi) is 2.95. The Morgan fingerprint density at radius 1 is 1.15 bits per heavy atom. The van der Waals surface area contributed by atoms with Crippen molar-refractivity contribution in [2.45, 2.75) is 57.4 Å². The van der Waals surface area contributed by atoms with Crippen molar-refractivity contribution in [3.05, 3.63) is 0 Å². The van der Waals surface area contributed by atoms with Crippen LogP contribution >= 0.6 is 0 Å². The van der Waals surface area contributed by atoms with Gasteiger partial charge in [0.05, 0.1) is 0 Å². The zero-order chi connectivity index (χ0) is 10.1. The van der Waals surface area contributed by atoms with Gasteiger partial charge in [-0.1, -0.05) is 13.8 Å². The maximum absolute atomic E-state index is 12.8. The van der Waals surface area contributed by atoms with Crippen LogP contribution in [0.15, 0.2) is 0 Å². The molecule has 0 aliphatic heterocycles. The molecule has 1 nitrogen and oxygen atoms in total. The first kappa shape index (κ1) is 10.9. The third-order valence-corrected chi connectivity index (χ3v) is 2.79. The van der Waals surface area contributed by atoms with Gasteiger partial charge in [0.15, 0.2) is 0 Å². The number of alkyl halides is 2. The predicted octanol–water partition coefficient (Wildman–Crippen LogP) is 2.94. The largest absolute Gasteiger partial charge is 0.325 e. The van der Waals surface area contributed by atoms with Crippen LogP contribution in [0.2, 0.25) is 0 Å². The standard InChI is InChI=1S/C10H19F2N/c1-8(2)7-9(13)3-5-10(11,12)6-4-9/h8H,3-7,13H2,1-2H3. The first-order valence-corrected chi connectivity index (χ1v) is 5.00. The lowest BCUT2D eigenvalue weighted by Crippen LogP contribution is -2.46. The van der Waals surface area contributed by atoms with Crippen molar-refractivity contribution in [1.29, 1.82) is 0 Å². The summed E-state index contributed by atoms with van der Waals surface area (Å²) >= 11 is 0. The average molecular weight is 191 g/mol. The fourth-order valence-corrected chi connectivity index (χ4v) is 2.13. The quantitative estimate of drug-likeness (QED) is 0.713. The molecular weight excluding hydrogens is 172 g/mol. The van der Waals surface area contributed by atoms with E-state index in [2.05, 4.69) is 13.8 Å². The Balaban J connectivity index is 2.47. The molecule has 0 amide bonds. The van der Waals surface area contributed by atoms with Gasteiger partial charge in [-0.15, -0.1) is 0 Å². The summed E-state index contributed by atoms with van der Waals surface area (Å²) in [5.74, 6) is -1.96. The molecule has 0 heterocycles. The second-order valence-electron chi connectivity index (χ2n) is 4.82. The number of rotatable bonds is 2.